The summed E-state index contributed by atoms with van der Waals surface area (Å²) >= 11 is 0. The van der Waals surface area contributed by atoms with Gasteiger partial charge in [-0.15, -0.1) is 0 Å². The minimum absolute atomic E-state index is 0.186. The number of hydrogen-bond acceptors (Lipinski definition) is 3. The molecule has 94 valence electrons. The number of rotatable bonds is 3. The van der Waals surface area contributed by atoms with E-state index in [0.717, 1.165) is 0 Å². The van der Waals surface area contributed by atoms with E-state index < -0.39 is 50.4 Å². The predicted molar refractivity (Wildman–Crippen MR) is 68.2 cm³/mol. The number of aryl methyl sites for hydroxylation is 1. The Morgan fingerprint density at radius 3 is 2.71 bits per heavy atom. The first-order valence-corrected chi connectivity index (χ1v) is 5.29. The highest BCUT2D eigenvalue weighted by molar-refractivity contribution is 6.61. The normalized spacial score (nSPS) is 32.2. The molecule has 0 spiro atoms. The van der Waals surface area contributed by atoms with Crippen molar-refractivity contribution in [2.45, 2.75) is 58.6 Å². The van der Waals surface area contributed by atoms with E-state index in [1.54, 1.807) is 27.7 Å². The molecule has 1 fully saturated rings. The van der Waals surface area contributed by atoms with Crippen LogP contribution in [-0.4, -0.2) is 28.1 Å². The average molecular weight is 245 g/mol. The molecule has 0 aliphatic carbocycles. The highest BCUT2D eigenvalue weighted by Crippen LogP contribution is 2.36. The van der Waals surface area contributed by atoms with Crippen LogP contribution in [0.2, 0.25) is 0 Å². The third-order valence-electron chi connectivity index (χ3n) is 3.15. The van der Waals surface area contributed by atoms with Gasteiger partial charge in [0.25, 0.3) is 0 Å². The first-order valence-electron chi connectivity index (χ1n) is 9.79. The maximum atomic E-state index is 8.16. The van der Waals surface area contributed by atoms with Crippen molar-refractivity contribution in [1.82, 2.24) is 9.78 Å². The van der Waals surface area contributed by atoms with Crippen molar-refractivity contribution in [3.05, 3.63) is 12.3 Å². The lowest BCUT2D eigenvalue weighted by Crippen LogP contribution is -2.41. The van der Waals surface area contributed by atoms with Gasteiger partial charge in [-0.25, -0.2) is 0 Å². The Morgan fingerprint density at radius 2 is 2.12 bits per heavy atom. The van der Waals surface area contributed by atoms with Crippen molar-refractivity contribution in [3.63, 3.8) is 0 Å². The molecule has 0 N–H and O–H groups in total. The van der Waals surface area contributed by atoms with E-state index in [1.165, 1.54) is 0 Å². The molecule has 2 heterocycles. The molecule has 1 aromatic rings. The number of hydrogen-bond donors (Lipinski definition) is 0. The molecule has 0 amide bonds. The fourth-order valence-electron chi connectivity index (χ4n) is 1.44. The summed E-state index contributed by atoms with van der Waals surface area (Å²) in [6, 6.07) is 0. The molecule has 0 aromatic carbocycles. The van der Waals surface area contributed by atoms with Crippen molar-refractivity contribution in [1.29, 1.82) is 0 Å². The highest BCUT2D eigenvalue weighted by Gasteiger charge is 2.52. The maximum Gasteiger partial charge on any atom is 0.498 e. The largest absolute Gasteiger partial charge is 0.498 e. The second-order valence-corrected chi connectivity index (χ2v) is 4.87. The zero-order chi connectivity index (χ0) is 20.5. The van der Waals surface area contributed by atoms with E-state index in [9.17, 15) is 0 Å². The van der Waals surface area contributed by atoms with Crippen molar-refractivity contribution >= 4 is 12.6 Å². The van der Waals surface area contributed by atoms with Crippen LogP contribution in [0.1, 0.15) is 53.3 Å². The van der Waals surface area contributed by atoms with Gasteiger partial charge in [-0.2, -0.15) is 5.10 Å². The molecule has 5 heteroatoms. The Kier molecular flexibility index (Phi) is 1.33. The van der Waals surface area contributed by atoms with Gasteiger partial charge in [0, 0.05) is 31.2 Å². The first kappa shape index (κ1) is 5.45. The SMILES string of the molecule is [2H]c1nn(C([2H])([2H])C([2H])([2H])C([2H])([2H])[2H])c([2H])c1B1OC(C)(C)C(C)(C)O1. The predicted octanol–water partition coefficient (Wildman–Crippen LogP) is 1.59. The van der Waals surface area contributed by atoms with Crippen molar-refractivity contribution in [2.24, 2.45) is 0 Å². The second-order valence-electron chi connectivity index (χ2n) is 4.87. The van der Waals surface area contributed by atoms with Gasteiger partial charge in [0.1, 0.15) is 0 Å². The van der Waals surface area contributed by atoms with Crippen LogP contribution in [0, 0.1) is 0 Å². The van der Waals surface area contributed by atoms with Crippen LogP contribution in [0.5, 0.6) is 0 Å². The Labute approximate surface area is 116 Å². The van der Waals surface area contributed by atoms with Gasteiger partial charge in [0.05, 0.1) is 16.7 Å². The Hall–Kier alpha value is -0.805. The third-order valence-corrected chi connectivity index (χ3v) is 3.15. The second kappa shape index (κ2) is 4.14. The van der Waals surface area contributed by atoms with Gasteiger partial charge in [0.15, 0.2) is 0 Å². The third kappa shape index (κ3) is 2.26. The first-order chi connectivity index (χ1) is 11.4. The summed E-state index contributed by atoms with van der Waals surface area (Å²) in [6.07, 6.45) is -4.56. The fraction of sp³-hybridized carbons (Fsp3) is 0.750. The molecular formula is C12H21BN2O2. The van der Waals surface area contributed by atoms with Gasteiger partial charge in [-0.1, -0.05) is 6.85 Å². The topological polar surface area (TPSA) is 36.3 Å². The monoisotopic (exact) mass is 245 g/mol. The van der Waals surface area contributed by atoms with Crippen LogP contribution in [-0.2, 0) is 15.8 Å². The van der Waals surface area contributed by atoms with Gasteiger partial charge in [-0.3, -0.25) is 4.68 Å². The van der Waals surface area contributed by atoms with E-state index in [0.29, 0.717) is 0 Å². The van der Waals surface area contributed by atoms with Crippen LogP contribution >= 0.6 is 0 Å². The molecule has 0 atom stereocenters. The highest BCUT2D eigenvalue weighted by atomic mass is 16.7. The summed E-state index contributed by atoms with van der Waals surface area (Å²) in [5.41, 5.74) is -1.73. The minimum Gasteiger partial charge on any atom is -0.399 e. The summed E-state index contributed by atoms with van der Waals surface area (Å²) in [4.78, 5) is 0. The lowest BCUT2D eigenvalue weighted by Gasteiger charge is -2.32. The van der Waals surface area contributed by atoms with Crippen LogP contribution in [0.3, 0.4) is 0 Å². The summed E-state index contributed by atoms with van der Waals surface area (Å²) in [6.45, 7) is 0.539. The number of aromatic nitrogens is 2. The Bertz CT molecular complexity index is 698. The van der Waals surface area contributed by atoms with Gasteiger partial charge in [0.2, 0.25) is 0 Å². The maximum absolute atomic E-state index is 8.16. The minimum atomic E-state index is -3.35. The summed E-state index contributed by atoms with van der Waals surface area (Å²) in [5, 5.41) is 3.57. The molecular weight excluding hydrogens is 215 g/mol. The zero-order valence-electron chi connectivity index (χ0n) is 19.3. The Balaban J connectivity index is 2.53. The molecule has 1 aliphatic rings. The van der Waals surface area contributed by atoms with E-state index >= 15 is 0 Å². The molecule has 17 heavy (non-hydrogen) atoms. The molecule has 1 aliphatic heterocycles. The van der Waals surface area contributed by atoms with Crippen LogP contribution in [0.15, 0.2) is 12.3 Å². The molecule has 0 bridgehead atoms. The average Bonchev–Trinajstić information content (AvgIpc) is 2.81. The molecule has 0 unspecified atom stereocenters. The van der Waals surface area contributed by atoms with Crippen LogP contribution < -0.4 is 5.46 Å². The lowest BCUT2D eigenvalue weighted by molar-refractivity contribution is 0.00578. The van der Waals surface area contributed by atoms with Crippen LogP contribution in [0.25, 0.3) is 0 Å². The number of nitrogens with zero attached hydrogens (tertiary/aromatic N) is 2. The van der Waals surface area contributed by atoms with Gasteiger partial charge < -0.3 is 9.31 Å². The molecule has 4 nitrogen and oxygen atoms in total. The molecule has 0 radical (unpaired) electrons. The summed E-state index contributed by atoms with van der Waals surface area (Å²) in [5.74, 6) is 0. The molecule has 1 saturated heterocycles. The van der Waals surface area contributed by atoms with Crippen molar-refractivity contribution < 1.29 is 21.6 Å². The zero-order valence-corrected chi connectivity index (χ0v) is 10.3. The van der Waals surface area contributed by atoms with Crippen molar-refractivity contribution in [3.8, 4) is 0 Å². The summed E-state index contributed by atoms with van der Waals surface area (Å²) < 4.78 is 80.9. The molecule has 0 saturated carbocycles. The van der Waals surface area contributed by atoms with E-state index in [4.69, 9.17) is 21.6 Å². The van der Waals surface area contributed by atoms with Crippen molar-refractivity contribution in [2.75, 3.05) is 0 Å². The fourth-order valence-corrected chi connectivity index (χ4v) is 1.44. The van der Waals surface area contributed by atoms with E-state index in [-0.39, 0.29) is 10.1 Å². The van der Waals surface area contributed by atoms with Gasteiger partial charge >= 0.3 is 7.12 Å². The van der Waals surface area contributed by atoms with Gasteiger partial charge in [-0.05, 0) is 34.1 Å². The summed E-state index contributed by atoms with van der Waals surface area (Å²) in [7, 11) is -1.18. The quantitative estimate of drug-likeness (QED) is 0.759. The van der Waals surface area contributed by atoms with Crippen LogP contribution in [0.4, 0.5) is 0 Å². The standard InChI is InChI=1S/C12H21BN2O2/c1-6-7-15-9-10(8-14-15)13-16-11(2,3)12(4,5)17-13/h8-9H,6-7H2,1-5H3/i1D3,6D2,7D2,8D,9D. The van der Waals surface area contributed by atoms with E-state index in [1.807, 2.05) is 0 Å². The molecule has 2 rings (SSSR count). The molecule has 1 aromatic heterocycles. The smallest absolute Gasteiger partial charge is 0.399 e. The lowest BCUT2D eigenvalue weighted by atomic mass is 9.82. The Morgan fingerprint density at radius 1 is 1.47 bits per heavy atom. The van der Waals surface area contributed by atoms with E-state index in [2.05, 4.69) is 5.10 Å².